The summed E-state index contributed by atoms with van der Waals surface area (Å²) in [5.74, 6) is 0.753. The molecule has 0 aliphatic carbocycles. The van der Waals surface area contributed by atoms with Crippen LogP contribution in [-0.4, -0.2) is 19.8 Å². The van der Waals surface area contributed by atoms with Crippen LogP contribution in [0.1, 0.15) is 6.92 Å². The number of methoxy groups -OCH3 is 1. The van der Waals surface area contributed by atoms with E-state index in [1.807, 2.05) is 54.6 Å². The van der Waals surface area contributed by atoms with Crippen molar-refractivity contribution in [1.82, 2.24) is 5.43 Å². The largest absolute Gasteiger partial charge is 0.497 e. The number of amides is 1. The van der Waals surface area contributed by atoms with E-state index in [0.717, 1.165) is 17.1 Å². The Morgan fingerprint density at radius 1 is 1.05 bits per heavy atom. The lowest BCUT2D eigenvalue weighted by Crippen LogP contribution is -2.39. The van der Waals surface area contributed by atoms with Crippen molar-refractivity contribution in [3.63, 3.8) is 0 Å². The van der Waals surface area contributed by atoms with Gasteiger partial charge in [0, 0.05) is 0 Å². The van der Waals surface area contributed by atoms with Crippen LogP contribution in [0.5, 0.6) is 5.75 Å². The molecule has 1 amide bonds. The van der Waals surface area contributed by atoms with E-state index in [0.29, 0.717) is 6.61 Å². The lowest BCUT2D eigenvalue weighted by molar-refractivity contribution is 0.152. The van der Waals surface area contributed by atoms with Crippen molar-refractivity contribution in [3.05, 3.63) is 54.6 Å². The molecule has 0 heterocycles. The number of hydrogen-bond acceptors (Lipinski definition) is 4. The Labute approximate surface area is 124 Å². The zero-order valence-electron chi connectivity index (χ0n) is 12.1. The molecule has 0 aliphatic heterocycles. The summed E-state index contributed by atoms with van der Waals surface area (Å²) in [5.41, 5.74) is 4.35. The van der Waals surface area contributed by atoms with E-state index in [1.165, 1.54) is 0 Å². The minimum absolute atomic E-state index is 0.317. The van der Waals surface area contributed by atoms with Crippen LogP contribution >= 0.6 is 0 Å². The van der Waals surface area contributed by atoms with E-state index >= 15 is 0 Å². The zero-order chi connectivity index (χ0) is 15.1. The van der Waals surface area contributed by atoms with Crippen LogP contribution in [-0.2, 0) is 4.74 Å². The zero-order valence-corrected chi connectivity index (χ0v) is 12.1. The summed E-state index contributed by atoms with van der Waals surface area (Å²) in [4.78, 5) is 11.7. The summed E-state index contributed by atoms with van der Waals surface area (Å²) >= 11 is 0. The van der Waals surface area contributed by atoms with Crippen molar-refractivity contribution in [3.8, 4) is 5.75 Å². The number of carbonyl (C=O) groups is 1. The monoisotopic (exact) mass is 286 g/mol. The van der Waals surface area contributed by atoms with Gasteiger partial charge >= 0.3 is 6.09 Å². The van der Waals surface area contributed by atoms with Gasteiger partial charge in [0.05, 0.1) is 25.1 Å². The lowest BCUT2D eigenvalue weighted by Gasteiger charge is -2.25. The summed E-state index contributed by atoms with van der Waals surface area (Å²) in [6.07, 6.45) is -0.503. The van der Waals surface area contributed by atoms with E-state index in [2.05, 4.69) is 5.43 Å². The third-order valence-electron chi connectivity index (χ3n) is 2.82. The van der Waals surface area contributed by atoms with Gasteiger partial charge in [0.15, 0.2) is 0 Å². The molecular formula is C16H18N2O3. The van der Waals surface area contributed by atoms with Gasteiger partial charge in [-0.05, 0) is 43.3 Å². The quantitative estimate of drug-likeness (QED) is 0.855. The second-order valence-electron chi connectivity index (χ2n) is 4.20. The predicted octanol–water partition coefficient (Wildman–Crippen LogP) is 3.49. The van der Waals surface area contributed by atoms with Crippen molar-refractivity contribution in [2.24, 2.45) is 0 Å². The Bertz CT molecular complexity index is 570. The van der Waals surface area contributed by atoms with E-state index in [-0.39, 0.29) is 0 Å². The normalized spacial score (nSPS) is 9.81. The summed E-state index contributed by atoms with van der Waals surface area (Å²) in [5, 5.41) is 1.66. The minimum atomic E-state index is -0.503. The fourth-order valence-electron chi connectivity index (χ4n) is 1.84. The van der Waals surface area contributed by atoms with Gasteiger partial charge in [-0.25, -0.2) is 10.2 Å². The summed E-state index contributed by atoms with van der Waals surface area (Å²) in [6.45, 7) is 2.08. The Hall–Kier alpha value is -2.69. The SMILES string of the molecule is CCOC(=O)NN(c1ccccc1)c1ccc(OC)cc1. The molecule has 0 unspecified atom stereocenters. The van der Waals surface area contributed by atoms with E-state index in [1.54, 1.807) is 19.0 Å². The fourth-order valence-corrected chi connectivity index (χ4v) is 1.84. The number of nitrogens with one attached hydrogen (secondary N) is 1. The van der Waals surface area contributed by atoms with Gasteiger partial charge in [0.25, 0.3) is 0 Å². The van der Waals surface area contributed by atoms with Crippen molar-refractivity contribution in [2.75, 3.05) is 18.7 Å². The first-order valence-corrected chi connectivity index (χ1v) is 6.67. The molecule has 2 rings (SSSR count). The van der Waals surface area contributed by atoms with Crippen molar-refractivity contribution < 1.29 is 14.3 Å². The van der Waals surface area contributed by atoms with Crippen LogP contribution in [0.3, 0.4) is 0 Å². The van der Waals surface area contributed by atoms with Crippen LogP contribution in [0, 0.1) is 0 Å². The molecule has 0 spiro atoms. The van der Waals surface area contributed by atoms with Gasteiger partial charge in [-0.15, -0.1) is 0 Å². The molecule has 5 nitrogen and oxygen atoms in total. The average molecular weight is 286 g/mol. The van der Waals surface area contributed by atoms with Crippen LogP contribution in [0.2, 0.25) is 0 Å². The van der Waals surface area contributed by atoms with Crippen molar-refractivity contribution in [2.45, 2.75) is 6.92 Å². The molecule has 0 radical (unpaired) electrons. The third kappa shape index (κ3) is 3.89. The van der Waals surface area contributed by atoms with Crippen LogP contribution in [0.25, 0.3) is 0 Å². The molecule has 0 saturated heterocycles. The van der Waals surface area contributed by atoms with E-state index in [9.17, 15) is 4.79 Å². The lowest BCUT2D eigenvalue weighted by atomic mass is 10.2. The molecule has 1 N–H and O–H groups in total. The van der Waals surface area contributed by atoms with Gasteiger partial charge < -0.3 is 9.47 Å². The van der Waals surface area contributed by atoms with Crippen molar-refractivity contribution in [1.29, 1.82) is 0 Å². The fraction of sp³-hybridized carbons (Fsp3) is 0.188. The minimum Gasteiger partial charge on any atom is -0.497 e. The van der Waals surface area contributed by atoms with Gasteiger partial charge in [-0.3, -0.25) is 5.01 Å². The topological polar surface area (TPSA) is 50.8 Å². The maximum Gasteiger partial charge on any atom is 0.426 e. The second-order valence-corrected chi connectivity index (χ2v) is 4.20. The molecule has 0 aliphatic rings. The standard InChI is InChI=1S/C16H18N2O3/c1-3-21-16(19)17-18(13-7-5-4-6-8-13)14-9-11-15(20-2)12-10-14/h4-12H,3H2,1-2H3,(H,17,19). The van der Waals surface area contributed by atoms with E-state index in [4.69, 9.17) is 9.47 Å². The number of carbonyl (C=O) groups excluding carboxylic acids is 1. The number of nitrogens with zero attached hydrogens (tertiary/aromatic N) is 1. The highest BCUT2D eigenvalue weighted by molar-refractivity contribution is 5.74. The van der Waals surface area contributed by atoms with Crippen LogP contribution in [0.15, 0.2) is 54.6 Å². The summed E-state index contributed by atoms with van der Waals surface area (Å²) in [6, 6.07) is 16.9. The number of hydrogen-bond donors (Lipinski definition) is 1. The highest BCUT2D eigenvalue weighted by Gasteiger charge is 2.13. The van der Waals surface area contributed by atoms with E-state index < -0.39 is 6.09 Å². The summed E-state index contributed by atoms with van der Waals surface area (Å²) in [7, 11) is 1.61. The maximum absolute atomic E-state index is 11.7. The molecule has 0 bridgehead atoms. The van der Waals surface area contributed by atoms with Crippen LogP contribution < -0.4 is 15.2 Å². The van der Waals surface area contributed by atoms with Crippen molar-refractivity contribution >= 4 is 17.5 Å². The molecule has 0 atom stereocenters. The Balaban J connectivity index is 2.28. The number of ether oxygens (including phenoxy) is 2. The second kappa shape index (κ2) is 7.19. The number of para-hydroxylation sites is 1. The first-order chi connectivity index (χ1) is 10.2. The van der Waals surface area contributed by atoms with Gasteiger partial charge in [0.1, 0.15) is 5.75 Å². The average Bonchev–Trinajstić information content (AvgIpc) is 2.54. The van der Waals surface area contributed by atoms with Gasteiger partial charge in [0.2, 0.25) is 0 Å². The maximum atomic E-state index is 11.7. The highest BCUT2D eigenvalue weighted by atomic mass is 16.6. The Morgan fingerprint density at radius 3 is 2.24 bits per heavy atom. The first-order valence-electron chi connectivity index (χ1n) is 6.67. The van der Waals surface area contributed by atoms with Crippen LogP contribution in [0.4, 0.5) is 16.2 Å². The molecule has 2 aromatic carbocycles. The predicted molar refractivity (Wildman–Crippen MR) is 81.7 cm³/mol. The molecule has 2 aromatic rings. The molecule has 0 fully saturated rings. The number of anilines is 2. The molecule has 110 valence electrons. The number of benzene rings is 2. The molecule has 5 heteroatoms. The van der Waals surface area contributed by atoms with Gasteiger partial charge in [-0.1, -0.05) is 18.2 Å². The van der Waals surface area contributed by atoms with Gasteiger partial charge in [-0.2, -0.15) is 0 Å². The Kier molecular flexibility index (Phi) is 5.04. The molecular weight excluding hydrogens is 268 g/mol. The smallest absolute Gasteiger partial charge is 0.426 e. The summed E-state index contributed by atoms with van der Waals surface area (Å²) < 4.78 is 10.1. The molecule has 21 heavy (non-hydrogen) atoms. The third-order valence-corrected chi connectivity index (χ3v) is 2.82. The Morgan fingerprint density at radius 2 is 1.67 bits per heavy atom. The molecule has 0 aromatic heterocycles. The molecule has 0 saturated carbocycles. The number of hydrazine groups is 1. The highest BCUT2D eigenvalue weighted by Crippen LogP contribution is 2.25. The first kappa shape index (κ1) is 14.7. The number of rotatable bonds is 5.